The Morgan fingerprint density at radius 2 is 1.62 bits per heavy atom. The van der Waals surface area contributed by atoms with E-state index in [4.69, 9.17) is 10.8 Å². The monoisotopic (exact) mass is 285 g/mol. The van der Waals surface area contributed by atoms with Crippen LogP contribution in [0.3, 0.4) is 0 Å². The van der Waals surface area contributed by atoms with Gasteiger partial charge in [0.1, 0.15) is 0 Å². The molecule has 2 aromatic rings. The summed E-state index contributed by atoms with van der Waals surface area (Å²) < 4.78 is 0. The first-order valence-electron chi connectivity index (χ1n) is 6.39. The molecule has 108 valence electrons. The van der Waals surface area contributed by atoms with Crippen LogP contribution in [0.4, 0.5) is 0 Å². The van der Waals surface area contributed by atoms with Crippen molar-refractivity contribution in [3.63, 3.8) is 0 Å². The van der Waals surface area contributed by atoms with Gasteiger partial charge in [-0.3, -0.25) is 4.79 Å². The molecular formula is C16H15NO4. The molecule has 0 radical (unpaired) electrons. The third kappa shape index (κ3) is 3.46. The minimum Gasteiger partial charge on any atom is -0.481 e. The Labute approximate surface area is 121 Å². The first-order valence-corrected chi connectivity index (χ1v) is 6.39. The molecule has 1 atom stereocenters. The molecule has 0 amide bonds. The van der Waals surface area contributed by atoms with E-state index in [0.29, 0.717) is 11.1 Å². The third-order valence-electron chi connectivity index (χ3n) is 3.20. The highest BCUT2D eigenvalue weighted by Gasteiger charge is 2.13. The first-order chi connectivity index (χ1) is 9.99. The molecule has 0 saturated heterocycles. The van der Waals surface area contributed by atoms with Gasteiger partial charge in [0.25, 0.3) is 0 Å². The molecule has 0 aliphatic rings. The zero-order valence-electron chi connectivity index (χ0n) is 11.2. The number of carboxylic acids is 2. The van der Waals surface area contributed by atoms with Gasteiger partial charge in [-0.05, 0) is 22.8 Å². The normalized spacial score (nSPS) is 11.9. The zero-order valence-corrected chi connectivity index (χ0v) is 11.2. The number of rotatable bonds is 5. The van der Waals surface area contributed by atoms with Crippen LogP contribution >= 0.6 is 0 Å². The van der Waals surface area contributed by atoms with Crippen LogP contribution in [0.5, 0.6) is 0 Å². The third-order valence-corrected chi connectivity index (χ3v) is 3.20. The predicted molar refractivity (Wildman–Crippen MR) is 78.0 cm³/mol. The van der Waals surface area contributed by atoms with Crippen molar-refractivity contribution >= 4 is 11.9 Å². The fourth-order valence-corrected chi connectivity index (χ4v) is 2.14. The average molecular weight is 285 g/mol. The molecule has 2 aromatic carbocycles. The van der Waals surface area contributed by atoms with Crippen molar-refractivity contribution in [2.24, 2.45) is 5.73 Å². The summed E-state index contributed by atoms with van der Waals surface area (Å²) in [5, 5.41) is 17.9. The van der Waals surface area contributed by atoms with Crippen molar-refractivity contribution in [1.82, 2.24) is 0 Å². The highest BCUT2D eigenvalue weighted by atomic mass is 16.4. The molecule has 0 bridgehead atoms. The minimum atomic E-state index is -0.989. The first kappa shape index (κ1) is 14.7. The second-order valence-corrected chi connectivity index (χ2v) is 4.68. The number of hydrogen-bond donors (Lipinski definition) is 3. The molecule has 4 N–H and O–H groups in total. The van der Waals surface area contributed by atoms with Crippen LogP contribution in [0, 0.1) is 0 Å². The number of benzene rings is 2. The SMILES string of the molecule is NC(CC(=O)O)c1ccc(-c2ccccc2C(=O)O)cc1. The van der Waals surface area contributed by atoms with E-state index in [1.54, 1.807) is 48.5 Å². The van der Waals surface area contributed by atoms with Gasteiger partial charge < -0.3 is 15.9 Å². The van der Waals surface area contributed by atoms with E-state index >= 15 is 0 Å². The highest BCUT2D eigenvalue weighted by molar-refractivity contribution is 5.96. The van der Waals surface area contributed by atoms with E-state index in [0.717, 1.165) is 5.56 Å². The Morgan fingerprint density at radius 1 is 1.00 bits per heavy atom. The smallest absolute Gasteiger partial charge is 0.336 e. The molecule has 0 saturated carbocycles. The van der Waals surface area contributed by atoms with Crippen LogP contribution < -0.4 is 5.73 Å². The molecule has 0 heterocycles. The van der Waals surface area contributed by atoms with Crippen molar-refractivity contribution in [3.05, 3.63) is 59.7 Å². The van der Waals surface area contributed by atoms with Crippen LogP contribution in [0.1, 0.15) is 28.4 Å². The van der Waals surface area contributed by atoms with Crippen LogP contribution in [0.2, 0.25) is 0 Å². The van der Waals surface area contributed by atoms with E-state index in [9.17, 15) is 14.7 Å². The molecule has 5 nitrogen and oxygen atoms in total. The number of carboxylic acid groups (broad SMARTS) is 2. The lowest BCUT2D eigenvalue weighted by Gasteiger charge is -2.11. The fourth-order valence-electron chi connectivity index (χ4n) is 2.14. The summed E-state index contributed by atoms with van der Waals surface area (Å²) in [5.41, 5.74) is 8.08. The number of carbonyl (C=O) groups is 2. The van der Waals surface area contributed by atoms with E-state index in [2.05, 4.69) is 0 Å². The summed E-state index contributed by atoms with van der Waals surface area (Å²) in [5.74, 6) is -1.94. The molecule has 0 aliphatic heterocycles. The Bertz CT molecular complexity index is 664. The Kier molecular flexibility index (Phi) is 4.35. The van der Waals surface area contributed by atoms with E-state index < -0.39 is 18.0 Å². The molecule has 0 aliphatic carbocycles. The summed E-state index contributed by atoms with van der Waals surface area (Å²) in [6, 6.07) is 13.1. The summed E-state index contributed by atoms with van der Waals surface area (Å²) in [4.78, 5) is 21.9. The molecule has 0 spiro atoms. The lowest BCUT2D eigenvalue weighted by Crippen LogP contribution is -2.14. The molecule has 1 unspecified atom stereocenters. The second kappa shape index (κ2) is 6.19. The largest absolute Gasteiger partial charge is 0.481 e. The van der Waals surface area contributed by atoms with Crippen LogP contribution in [0.25, 0.3) is 11.1 Å². The number of aromatic carboxylic acids is 1. The lowest BCUT2D eigenvalue weighted by molar-refractivity contribution is -0.137. The number of aliphatic carboxylic acids is 1. The molecule has 0 fully saturated rings. The van der Waals surface area contributed by atoms with Crippen molar-refractivity contribution in [2.45, 2.75) is 12.5 Å². The zero-order chi connectivity index (χ0) is 15.4. The van der Waals surface area contributed by atoms with Crippen LogP contribution in [-0.2, 0) is 4.79 Å². The van der Waals surface area contributed by atoms with Gasteiger partial charge in [-0.25, -0.2) is 4.79 Å². The van der Waals surface area contributed by atoms with Gasteiger partial charge in [-0.15, -0.1) is 0 Å². The highest BCUT2D eigenvalue weighted by Crippen LogP contribution is 2.25. The quantitative estimate of drug-likeness (QED) is 0.783. The second-order valence-electron chi connectivity index (χ2n) is 4.68. The van der Waals surface area contributed by atoms with E-state index in [-0.39, 0.29) is 12.0 Å². The molecular weight excluding hydrogens is 270 g/mol. The number of nitrogens with two attached hydrogens (primary N) is 1. The Morgan fingerprint density at radius 3 is 2.19 bits per heavy atom. The minimum absolute atomic E-state index is 0.148. The lowest BCUT2D eigenvalue weighted by atomic mass is 9.96. The van der Waals surface area contributed by atoms with Crippen molar-refractivity contribution < 1.29 is 19.8 Å². The standard InChI is InChI=1S/C16H15NO4/c17-14(9-15(18)19)11-7-5-10(6-8-11)12-3-1-2-4-13(12)16(20)21/h1-8,14H,9,17H2,(H,18,19)(H,20,21). The summed E-state index contributed by atoms with van der Waals surface area (Å²) >= 11 is 0. The average Bonchev–Trinajstić information content (AvgIpc) is 2.46. The van der Waals surface area contributed by atoms with Gasteiger partial charge in [-0.1, -0.05) is 42.5 Å². The van der Waals surface area contributed by atoms with Crippen molar-refractivity contribution in [1.29, 1.82) is 0 Å². The summed E-state index contributed by atoms with van der Waals surface area (Å²) in [7, 11) is 0. The number of hydrogen-bond acceptors (Lipinski definition) is 3. The maximum atomic E-state index is 11.2. The van der Waals surface area contributed by atoms with Gasteiger partial charge in [0, 0.05) is 6.04 Å². The van der Waals surface area contributed by atoms with E-state index in [1.807, 2.05) is 0 Å². The van der Waals surface area contributed by atoms with Crippen LogP contribution in [-0.4, -0.2) is 22.2 Å². The fraction of sp³-hybridized carbons (Fsp3) is 0.125. The van der Waals surface area contributed by atoms with Gasteiger partial charge in [0.15, 0.2) is 0 Å². The van der Waals surface area contributed by atoms with Crippen molar-refractivity contribution in [2.75, 3.05) is 0 Å². The maximum absolute atomic E-state index is 11.2. The molecule has 2 rings (SSSR count). The Hall–Kier alpha value is -2.66. The van der Waals surface area contributed by atoms with Gasteiger partial charge in [0.2, 0.25) is 0 Å². The molecule has 0 aromatic heterocycles. The molecule has 5 heteroatoms. The maximum Gasteiger partial charge on any atom is 0.336 e. The van der Waals surface area contributed by atoms with E-state index in [1.165, 1.54) is 0 Å². The van der Waals surface area contributed by atoms with Gasteiger partial charge in [0.05, 0.1) is 12.0 Å². The molecule has 21 heavy (non-hydrogen) atoms. The van der Waals surface area contributed by atoms with Gasteiger partial charge in [-0.2, -0.15) is 0 Å². The topological polar surface area (TPSA) is 101 Å². The van der Waals surface area contributed by atoms with Crippen molar-refractivity contribution in [3.8, 4) is 11.1 Å². The van der Waals surface area contributed by atoms with Crippen LogP contribution in [0.15, 0.2) is 48.5 Å². The predicted octanol–water partition coefficient (Wildman–Crippen LogP) is 2.53. The van der Waals surface area contributed by atoms with Gasteiger partial charge >= 0.3 is 11.9 Å². The Balaban J connectivity index is 2.31. The summed E-state index contributed by atoms with van der Waals surface area (Å²) in [6.07, 6.45) is -0.148. The summed E-state index contributed by atoms with van der Waals surface area (Å²) in [6.45, 7) is 0.